The number of allylic oxidation sites excluding steroid dienone is 1. The lowest BCUT2D eigenvalue weighted by Gasteiger charge is -2.23. The van der Waals surface area contributed by atoms with Gasteiger partial charge in [-0.2, -0.15) is 23.5 Å². The van der Waals surface area contributed by atoms with Crippen LogP contribution in [-0.4, -0.2) is 55.4 Å². The molecule has 1 aliphatic rings. The molecule has 0 bridgehead atoms. The largest absolute Gasteiger partial charge is 0.492 e. The van der Waals surface area contributed by atoms with Gasteiger partial charge in [-0.15, -0.1) is 0 Å². The SMILES string of the molecule is CCC(C)(CC)C(=O)OCCSCCOCCSCCOc1ccccc1C1=Cc2ccccc2CCC1. The Labute approximate surface area is 238 Å². The zero-order valence-corrected chi connectivity index (χ0v) is 25.0. The zero-order chi connectivity index (χ0) is 27.1. The second-order valence-electron chi connectivity index (χ2n) is 9.81. The van der Waals surface area contributed by atoms with Gasteiger partial charge in [0.2, 0.25) is 0 Å². The topological polar surface area (TPSA) is 44.8 Å². The second kappa shape index (κ2) is 16.9. The molecule has 2 aromatic rings. The summed E-state index contributed by atoms with van der Waals surface area (Å²) in [6.07, 6.45) is 7.33. The van der Waals surface area contributed by atoms with Gasteiger partial charge in [0.05, 0.1) is 25.2 Å². The van der Waals surface area contributed by atoms with E-state index in [4.69, 9.17) is 14.2 Å². The van der Waals surface area contributed by atoms with Gasteiger partial charge in [-0.3, -0.25) is 4.79 Å². The minimum Gasteiger partial charge on any atom is -0.492 e. The summed E-state index contributed by atoms with van der Waals surface area (Å²) in [5, 5.41) is 0. The number of rotatable bonds is 17. The van der Waals surface area contributed by atoms with E-state index in [1.165, 1.54) is 22.3 Å². The molecule has 208 valence electrons. The summed E-state index contributed by atoms with van der Waals surface area (Å²) in [7, 11) is 0. The van der Waals surface area contributed by atoms with Crippen molar-refractivity contribution >= 4 is 41.1 Å². The Morgan fingerprint density at radius 1 is 0.842 bits per heavy atom. The summed E-state index contributed by atoms with van der Waals surface area (Å²) in [6.45, 7) is 8.69. The van der Waals surface area contributed by atoms with E-state index in [1.54, 1.807) is 11.8 Å². The first-order valence-corrected chi connectivity index (χ1v) is 16.3. The van der Waals surface area contributed by atoms with E-state index in [0.29, 0.717) is 13.2 Å². The van der Waals surface area contributed by atoms with E-state index in [1.807, 2.05) is 32.5 Å². The molecule has 0 fully saturated rings. The number of hydrogen-bond donors (Lipinski definition) is 0. The summed E-state index contributed by atoms with van der Waals surface area (Å²) in [5.41, 5.74) is 5.00. The van der Waals surface area contributed by atoms with Crippen molar-refractivity contribution in [3.8, 4) is 5.75 Å². The van der Waals surface area contributed by atoms with E-state index < -0.39 is 0 Å². The highest BCUT2D eigenvalue weighted by molar-refractivity contribution is 7.99. The van der Waals surface area contributed by atoms with Gasteiger partial charge in [0, 0.05) is 28.6 Å². The van der Waals surface area contributed by atoms with Crippen LogP contribution in [0.5, 0.6) is 5.75 Å². The van der Waals surface area contributed by atoms with E-state index in [2.05, 4.69) is 54.6 Å². The number of ether oxygens (including phenoxy) is 3. The van der Waals surface area contributed by atoms with Gasteiger partial charge in [-0.05, 0) is 61.8 Å². The molecule has 0 saturated carbocycles. The highest BCUT2D eigenvalue weighted by atomic mass is 32.2. The quantitative estimate of drug-likeness (QED) is 0.146. The van der Waals surface area contributed by atoms with E-state index in [0.717, 1.165) is 74.1 Å². The summed E-state index contributed by atoms with van der Waals surface area (Å²) in [6, 6.07) is 17.1. The Hall–Kier alpha value is -1.89. The number of fused-ring (bicyclic) bond motifs is 1. The first kappa shape index (κ1) is 30.6. The standard InChI is InChI=1S/C32H44O4S2/c1-4-32(3,5-2)31(33)36-20-24-38-22-18-34-17-21-37-23-19-35-30-16-9-8-15-29(30)28-14-10-13-26-11-6-7-12-27(26)25-28/h6-9,11-12,15-16,25H,4-5,10,13-14,17-24H2,1-3H3. The van der Waals surface area contributed by atoms with Crippen molar-refractivity contribution in [2.75, 3.05) is 49.4 Å². The van der Waals surface area contributed by atoms with Crippen LogP contribution in [0.1, 0.15) is 63.1 Å². The number of hydrogen-bond acceptors (Lipinski definition) is 6. The van der Waals surface area contributed by atoms with Gasteiger partial charge in [-0.25, -0.2) is 0 Å². The minimum absolute atomic E-state index is 0.0730. The number of carbonyl (C=O) groups is 1. The third-order valence-electron chi connectivity index (χ3n) is 7.25. The Morgan fingerprint density at radius 2 is 1.50 bits per heavy atom. The minimum atomic E-state index is -0.348. The van der Waals surface area contributed by atoms with Gasteiger partial charge in [0.15, 0.2) is 0 Å². The number of para-hydroxylation sites is 1. The number of aryl methyl sites for hydroxylation is 1. The van der Waals surface area contributed by atoms with Crippen LogP contribution in [0, 0.1) is 5.41 Å². The molecule has 0 aromatic heterocycles. The fraction of sp³-hybridized carbons (Fsp3) is 0.531. The van der Waals surface area contributed by atoms with Crippen molar-refractivity contribution in [3.05, 3.63) is 65.2 Å². The molecule has 4 nitrogen and oxygen atoms in total. The highest BCUT2D eigenvalue weighted by Crippen LogP contribution is 2.34. The zero-order valence-electron chi connectivity index (χ0n) is 23.3. The second-order valence-corrected chi connectivity index (χ2v) is 12.3. The molecule has 3 rings (SSSR count). The van der Waals surface area contributed by atoms with Crippen LogP contribution in [0.15, 0.2) is 48.5 Å². The smallest absolute Gasteiger partial charge is 0.311 e. The fourth-order valence-electron chi connectivity index (χ4n) is 4.36. The van der Waals surface area contributed by atoms with E-state index in [-0.39, 0.29) is 11.4 Å². The highest BCUT2D eigenvalue weighted by Gasteiger charge is 2.30. The van der Waals surface area contributed by atoms with Crippen LogP contribution in [0.25, 0.3) is 11.6 Å². The first-order chi connectivity index (χ1) is 18.6. The molecular formula is C32H44O4S2. The molecule has 2 aromatic carbocycles. The number of esters is 1. The van der Waals surface area contributed by atoms with Crippen LogP contribution in [-0.2, 0) is 20.7 Å². The molecule has 0 saturated heterocycles. The lowest BCUT2D eigenvalue weighted by atomic mass is 9.85. The van der Waals surface area contributed by atoms with Crippen molar-refractivity contribution in [2.45, 2.75) is 52.9 Å². The number of carbonyl (C=O) groups excluding carboxylic acids is 1. The number of thioether (sulfide) groups is 2. The predicted octanol–water partition coefficient (Wildman–Crippen LogP) is 7.79. The van der Waals surface area contributed by atoms with Crippen LogP contribution in [0.2, 0.25) is 0 Å². The van der Waals surface area contributed by atoms with Gasteiger partial charge < -0.3 is 14.2 Å². The number of benzene rings is 2. The van der Waals surface area contributed by atoms with Crippen molar-refractivity contribution in [1.29, 1.82) is 0 Å². The molecule has 0 radical (unpaired) electrons. The lowest BCUT2D eigenvalue weighted by Crippen LogP contribution is -2.29. The molecule has 0 amide bonds. The Morgan fingerprint density at radius 3 is 2.26 bits per heavy atom. The van der Waals surface area contributed by atoms with Gasteiger partial charge in [-0.1, -0.05) is 62.4 Å². The van der Waals surface area contributed by atoms with Crippen LogP contribution in [0.4, 0.5) is 0 Å². The summed E-state index contributed by atoms with van der Waals surface area (Å²) in [4.78, 5) is 12.2. The normalized spacial score (nSPS) is 13.4. The summed E-state index contributed by atoms with van der Waals surface area (Å²) >= 11 is 3.63. The van der Waals surface area contributed by atoms with Crippen LogP contribution in [0.3, 0.4) is 0 Å². The van der Waals surface area contributed by atoms with Gasteiger partial charge in [0.25, 0.3) is 0 Å². The van der Waals surface area contributed by atoms with Crippen molar-refractivity contribution < 1.29 is 19.0 Å². The average molecular weight is 557 g/mol. The molecule has 6 heteroatoms. The van der Waals surface area contributed by atoms with E-state index >= 15 is 0 Å². The molecule has 1 aliphatic carbocycles. The van der Waals surface area contributed by atoms with E-state index in [9.17, 15) is 4.79 Å². The summed E-state index contributed by atoms with van der Waals surface area (Å²) in [5.74, 6) is 4.54. The molecule has 38 heavy (non-hydrogen) atoms. The molecular weight excluding hydrogens is 512 g/mol. The van der Waals surface area contributed by atoms with Gasteiger partial charge >= 0.3 is 5.97 Å². The third-order valence-corrected chi connectivity index (χ3v) is 9.07. The van der Waals surface area contributed by atoms with Crippen molar-refractivity contribution in [3.63, 3.8) is 0 Å². The third kappa shape index (κ3) is 9.69. The van der Waals surface area contributed by atoms with Crippen LogP contribution < -0.4 is 4.74 Å². The monoisotopic (exact) mass is 556 g/mol. The lowest BCUT2D eigenvalue weighted by molar-refractivity contribution is -0.154. The molecule has 0 N–H and O–H groups in total. The van der Waals surface area contributed by atoms with Crippen LogP contribution >= 0.6 is 23.5 Å². The van der Waals surface area contributed by atoms with Crippen molar-refractivity contribution in [1.82, 2.24) is 0 Å². The fourth-order valence-corrected chi connectivity index (χ4v) is 5.64. The maximum absolute atomic E-state index is 12.2. The maximum atomic E-state index is 12.2. The predicted molar refractivity (Wildman–Crippen MR) is 164 cm³/mol. The Kier molecular flexibility index (Phi) is 13.7. The van der Waals surface area contributed by atoms with Crippen molar-refractivity contribution in [2.24, 2.45) is 5.41 Å². The first-order valence-electron chi connectivity index (χ1n) is 14.0. The molecule has 0 unspecified atom stereocenters. The maximum Gasteiger partial charge on any atom is 0.311 e. The molecule has 0 aliphatic heterocycles. The molecule has 0 spiro atoms. The Balaban J connectivity index is 1.25. The van der Waals surface area contributed by atoms with Gasteiger partial charge in [0.1, 0.15) is 12.4 Å². The average Bonchev–Trinajstić information content (AvgIpc) is 3.17. The summed E-state index contributed by atoms with van der Waals surface area (Å²) < 4.78 is 17.4. The molecule has 0 atom stereocenters. The Bertz CT molecular complexity index is 1020. The molecule has 0 heterocycles.